The van der Waals surface area contributed by atoms with Crippen molar-refractivity contribution in [3.8, 4) is 0 Å². The van der Waals surface area contributed by atoms with Crippen LogP contribution in [-0.4, -0.2) is 19.8 Å². The first-order valence-corrected chi connectivity index (χ1v) is 8.60. The van der Waals surface area contributed by atoms with Gasteiger partial charge in [-0.3, -0.25) is 0 Å². The Morgan fingerprint density at radius 2 is 2.00 bits per heavy atom. The van der Waals surface area contributed by atoms with E-state index in [4.69, 9.17) is 0 Å². The lowest BCUT2D eigenvalue weighted by molar-refractivity contribution is 0.488. The van der Waals surface area contributed by atoms with Gasteiger partial charge in [0, 0.05) is 11.4 Å². The molecule has 0 saturated carbocycles. The molecule has 1 unspecified atom stereocenters. The summed E-state index contributed by atoms with van der Waals surface area (Å²) in [5.41, 5.74) is 0.942. The van der Waals surface area contributed by atoms with Crippen LogP contribution in [0.15, 0.2) is 29.2 Å². The molecule has 1 N–H and O–H groups in total. The van der Waals surface area contributed by atoms with E-state index in [1.54, 1.807) is 18.2 Å². The number of hydrogen-bond acceptors (Lipinski definition) is 2. The number of sulfonamides is 1. The van der Waals surface area contributed by atoms with E-state index in [1.165, 1.54) is 0 Å². The predicted octanol–water partition coefficient (Wildman–Crippen LogP) is 3.08. The topological polar surface area (TPSA) is 46.2 Å². The lowest BCUT2D eigenvalue weighted by Gasteiger charge is -2.18. The second kappa shape index (κ2) is 6.68. The van der Waals surface area contributed by atoms with E-state index in [2.05, 4.69) is 34.5 Å². The molecule has 0 aliphatic carbocycles. The van der Waals surface area contributed by atoms with Gasteiger partial charge in [0.2, 0.25) is 10.0 Å². The summed E-state index contributed by atoms with van der Waals surface area (Å²) < 4.78 is 27.1. The zero-order valence-corrected chi connectivity index (χ0v) is 13.4. The van der Waals surface area contributed by atoms with E-state index in [9.17, 15) is 8.42 Å². The van der Waals surface area contributed by atoms with Crippen LogP contribution in [0, 0.1) is 12.8 Å². The zero-order valence-electron chi connectivity index (χ0n) is 11.0. The quantitative estimate of drug-likeness (QED) is 0.813. The van der Waals surface area contributed by atoms with Gasteiger partial charge in [-0.2, -0.15) is 0 Å². The van der Waals surface area contributed by atoms with Crippen LogP contribution in [0.2, 0.25) is 0 Å². The molecule has 1 aromatic rings. The van der Waals surface area contributed by atoms with E-state index in [1.807, 2.05) is 13.0 Å². The van der Waals surface area contributed by atoms with Crippen molar-refractivity contribution in [3.05, 3.63) is 29.8 Å². The summed E-state index contributed by atoms with van der Waals surface area (Å²) in [5, 5.41) is 0.621. The van der Waals surface area contributed by atoms with Gasteiger partial charge in [0.15, 0.2) is 0 Å². The fourth-order valence-electron chi connectivity index (χ4n) is 1.78. The summed E-state index contributed by atoms with van der Waals surface area (Å²) >= 11 is 3.36. The van der Waals surface area contributed by atoms with E-state index in [0.29, 0.717) is 16.1 Å². The minimum absolute atomic E-state index is 0.0736. The lowest BCUT2D eigenvalue weighted by atomic mass is 10.1. The minimum Gasteiger partial charge on any atom is -0.207 e. The van der Waals surface area contributed by atoms with Gasteiger partial charge in [0.05, 0.1) is 4.90 Å². The summed E-state index contributed by atoms with van der Waals surface area (Å²) in [5.74, 6) is 0.452. The van der Waals surface area contributed by atoms with E-state index < -0.39 is 10.0 Å². The van der Waals surface area contributed by atoms with Gasteiger partial charge >= 0.3 is 0 Å². The second-order valence-corrected chi connectivity index (χ2v) is 7.28. The maximum Gasteiger partial charge on any atom is 0.240 e. The molecule has 1 aromatic carbocycles. The number of nitrogens with one attached hydrogen (secondary N) is 1. The van der Waals surface area contributed by atoms with Gasteiger partial charge < -0.3 is 0 Å². The summed E-state index contributed by atoms with van der Waals surface area (Å²) in [6.45, 7) is 6.04. The average molecular weight is 334 g/mol. The molecule has 18 heavy (non-hydrogen) atoms. The molecule has 0 aliphatic rings. The van der Waals surface area contributed by atoms with Crippen LogP contribution < -0.4 is 4.72 Å². The molecular formula is C13H20BrNO2S. The summed E-state index contributed by atoms with van der Waals surface area (Å²) in [7, 11) is -3.42. The summed E-state index contributed by atoms with van der Waals surface area (Å²) in [6.07, 6.45) is 0.816. The highest BCUT2D eigenvalue weighted by Crippen LogP contribution is 2.14. The van der Waals surface area contributed by atoms with Crippen LogP contribution in [-0.2, 0) is 10.0 Å². The summed E-state index contributed by atoms with van der Waals surface area (Å²) in [4.78, 5) is 0.331. The van der Waals surface area contributed by atoms with Crippen molar-refractivity contribution in [1.82, 2.24) is 4.72 Å². The van der Waals surface area contributed by atoms with Gasteiger partial charge in [-0.15, -0.1) is 0 Å². The van der Waals surface area contributed by atoms with Gasteiger partial charge in [-0.1, -0.05) is 41.9 Å². The molecule has 0 aliphatic heterocycles. The van der Waals surface area contributed by atoms with Crippen molar-refractivity contribution < 1.29 is 8.42 Å². The third-order valence-electron chi connectivity index (χ3n) is 2.56. The monoisotopic (exact) mass is 333 g/mol. The Morgan fingerprint density at radius 1 is 1.33 bits per heavy atom. The number of aryl methyl sites for hydroxylation is 1. The molecule has 0 amide bonds. The highest BCUT2D eigenvalue weighted by molar-refractivity contribution is 9.09. The molecule has 5 heteroatoms. The number of benzene rings is 1. The second-order valence-electron chi connectivity index (χ2n) is 4.92. The standard InChI is InChI=1S/C13H20BrNO2S/c1-10(2)7-12(9-14)15-18(16,17)13-6-4-5-11(3)8-13/h4-6,8,10,12,15H,7,9H2,1-3H3. The molecule has 0 aromatic heterocycles. The van der Waals surface area contributed by atoms with Crippen molar-refractivity contribution >= 4 is 26.0 Å². The van der Waals surface area contributed by atoms with Crippen LogP contribution in [0.1, 0.15) is 25.8 Å². The normalized spacial score (nSPS) is 13.8. The fourth-order valence-corrected chi connectivity index (χ4v) is 3.78. The smallest absolute Gasteiger partial charge is 0.207 e. The Balaban J connectivity index is 2.87. The molecular weight excluding hydrogens is 314 g/mol. The Labute approximate surface area is 118 Å². The Hall–Kier alpha value is -0.390. The van der Waals surface area contributed by atoms with Gasteiger partial charge in [-0.05, 0) is 37.0 Å². The van der Waals surface area contributed by atoms with Gasteiger partial charge in [0.25, 0.3) is 0 Å². The van der Waals surface area contributed by atoms with Crippen molar-refractivity contribution in [2.75, 3.05) is 5.33 Å². The number of rotatable bonds is 6. The first-order chi connectivity index (χ1) is 8.35. The summed E-state index contributed by atoms with van der Waals surface area (Å²) in [6, 6.07) is 6.87. The maximum atomic E-state index is 12.2. The highest BCUT2D eigenvalue weighted by atomic mass is 79.9. The van der Waals surface area contributed by atoms with Crippen LogP contribution >= 0.6 is 15.9 Å². The van der Waals surface area contributed by atoms with Crippen LogP contribution in [0.4, 0.5) is 0 Å². The molecule has 1 atom stereocenters. The predicted molar refractivity (Wildman–Crippen MR) is 78.5 cm³/mol. The molecule has 102 valence electrons. The van der Waals surface area contributed by atoms with E-state index in [0.717, 1.165) is 12.0 Å². The Bertz CT molecular complexity index is 486. The number of hydrogen-bond donors (Lipinski definition) is 1. The largest absolute Gasteiger partial charge is 0.240 e. The van der Waals surface area contributed by atoms with Crippen LogP contribution in [0.3, 0.4) is 0 Å². The first-order valence-electron chi connectivity index (χ1n) is 6.00. The molecule has 1 rings (SSSR count). The number of alkyl halides is 1. The highest BCUT2D eigenvalue weighted by Gasteiger charge is 2.20. The van der Waals surface area contributed by atoms with Crippen molar-refractivity contribution in [2.24, 2.45) is 5.92 Å². The molecule has 3 nitrogen and oxygen atoms in total. The minimum atomic E-state index is -3.42. The van der Waals surface area contributed by atoms with Crippen molar-refractivity contribution in [1.29, 1.82) is 0 Å². The lowest BCUT2D eigenvalue weighted by Crippen LogP contribution is -2.37. The Morgan fingerprint density at radius 3 is 2.50 bits per heavy atom. The maximum absolute atomic E-state index is 12.2. The molecule has 0 bridgehead atoms. The molecule has 0 fully saturated rings. The van der Waals surface area contributed by atoms with Gasteiger partial charge in [0.1, 0.15) is 0 Å². The molecule has 0 spiro atoms. The van der Waals surface area contributed by atoms with Crippen molar-refractivity contribution in [2.45, 2.75) is 38.1 Å². The average Bonchev–Trinajstić information content (AvgIpc) is 2.27. The fraction of sp³-hybridized carbons (Fsp3) is 0.538. The molecule has 0 radical (unpaired) electrons. The Kier molecular flexibility index (Phi) is 5.82. The first kappa shape index (κ1) is 15.7. The SMILES string of the molecule is Cc1cccc(S(=O)(=O)NC(CBr)CC(C)C)c1. The van der Waals surface area contributed by atoms with E-state index in [-0.39, 0.29) is 6.04 Å². The molecule has 0 saturated heterocycles. The zero-order chi connectivity index (χ0) is 13.8. The van der Waals surface area contributed by atoms with E-state index >= 15 is 0 Å². The number of halogens is 1. The van der Waals surface area contributed by atoms with Gasteiger partial charge in [-0.25, -0.2) is 13.1 Å². The molecule has 0 heterocycles. The van der Waals surface area contributed by atoms with Crippen LogP contribution in [0.25, 0.3) is 0 Å². The third kappa shape index (κ3) is 4.71. The van der Waals surface area contributed by atoms with Crippen LogP contribution in [0.5, 0.6) is 0 Å². The van der Waals surface area contributed by atoms with Crippen molar-refractivity contribution in [3.63, 3.8) is 0 Å². The third-order valence-corrected chi connectivity index (χ3v) is 4.86.